The summed E-state index contributed by atoms with van der Waals surface area (Å²) in [6, 6.07) is 7.58. The SMILES string of the molecule is O=C(CCc1ncc2ccccn12)Nc1ncccn1. The molecule has 20 heavy (non-hydrogen) atoms. The fourth-order valence-electron chi connectivity index (χ4n) is 1.96. The van der Waals surface area contributed by atoms with Crippen LogP contribution < -0.4 is 5.32 Å². The summed E-state index contributed by atoms with van der Waals surface area (Å²) in [7, 11) is 0. The Kier molecular flexibility index (Phi) is 3.36. The molecule has 0 saturated heterocycles. The van der Waals surface area contributed by atoms with E-state index in [1.54, 1.807) is 24.7 Å². The second kappa shape index (κ2) is 5.48. The van der Waals surface area contributed by atoms with E-state index in [1.807, 2.05) is 28.8 Å². The molecule has 0 saturated carbocycles. The Morgan fingerprint density at radius 2 is 2.00 bits per heavy atom. The number of imidazole rings is 1. The second-order valence-corrected chi connectivity index (χ2v) is 4.29. The van der Waals surface area contributed by atoms with Crippen molar-refractivity contribution in [3.8, 4) is 0 Å². The highest BCUT2D eigenvalue weighted by atomic mass is 16.1. The zero-order valence-electron chi connectivity index (χ0n) is 10.7. The number of pyridine rings is 1. The van der Waals surface area contributed by atoms with Crippen molar-refractivity contribution in [1.82, 2.24) is 19.4 Å². The van der Waals surface area contributed by atoms with Crippen LogP contribution in [-0.2, 0) is 11.2 Å². The van der Waals surface area contributed by atoms with Gasteiger partial charge < -0.3 is 4.40 Å². The number of carbonyl (C=O) groups excluding carboxylic acids is 1. The first-order valence-electron chi connectivity index (χ1n) is 6.31. The van der Waals surface area contributed by atoms with Crippen molar-refractivity contribution in [2.45, 2.75) is 12.8 Å². The molecule has 6 nitrogen and oxygen atoms in total. The highest BCUT2D eigenvalue weighted by Gasteiger charge is 2.08. The number of nitrogens with zero attached hydrogens (tertiary/aromatic N) is 4. The molecule has 0 spiro atoms. The molecular formula is C14H13N5O. The monoisotopic (exact) mass is 267 g/mol. The van der Waals surface area contributed by atoms with Gasteiger partial charge in [0.25, 0.3) is 0 Å². The van der Waals surface area contributed by atoms with Crippen LogP contribution >= 0.6 is 0 Å². The van der Waals surface area contributed by atoms with Crippen LogP contribution in [0.3, 0.4) is 0 Å². The van der Waals surface area contributed by atoms with E-state index in [4.69, 9.17) is 0 Å². The lowest BCUT2D eigenvalue weighted by Gasteiger charge is -2.03. The summed E-state index contributed by atoms with van der Waals surface area (Å²) in [5, 5.41) is 2.65. The largest absolute Gasteiger partial charge is 0.304 e. The summed E-state index contributed by atoms with van der Waals surface area (Å²) in [6.45, 7) is 0. The number of anilines is 1. The smallest absolute Gasteiger partial charge is 0.229 e. The molecule has 0 fully saturated rings. The third-order valence-electron chi connectivity index (χ3n) is 2.91. The van der Waals surface area contributed by atoms with Gasteiger partial charge in [0, 0.05) is 31.4 Å². The lowest BCUT2D eigenvalue weighted by Crippen LogP contribution is -2.14. The quantitative estimate of drug-likeness (QED) is 0.781. The number of carbonyl (C=O) groups is 1. The highest BCUT2D eigenvalue weighted by Crippen LogP contribution is 2.08. The summed E-state index contributed by atoms with van der Waals surface area (Å²) in [5.74, 6) is 1.07. The predicted octanol–water partition coefficient (Wildman–Crippen LogP) is 1.70. The van der Waals surface area contributed by atoms with Crippen LogP contribution in [0.1, 0.15) is 12.2 Å². The lowest BCUT2D eigenvalue weighted by molar-refractivity contribution is -0.116. The first-order valence-corrected chi connectivity index (χ1v) is 6.31. The van der Waals surface area contributed by atoms with Crippen LogP contribution in [0.2, 0.25) is 0 Å². The topological polar surface area (TPSA) is 72.2 Å². The van der Waals surface area contributed by atoms with Crippen LogP contribution in [-0.4, -0.2) is 25.3 Å². The summed E-state index contributed by atoms with van der Waals surface area (Å²) < 4.78 is 1.98. The maximum Gasteiger partial charge on any atom is 0.229 e. The van der Waals surface area contributed by atoms with Gasteiger partial charge in [-0.25, -0.2) is 15.0 Å². The van der Waals surface area contributed by atoms with E-state index in [0.717, 1.165) is 11.3 Å². The van der Waals surface area contributed by atoms with Gasteiger partial charge in [-0.3, -0.25) is 10.1 Å². The maximum atomic E-state index is 11.8. The van der Waals surface area contributed by atoms with Crippen LogP contribution in [0.15, 0.2) is 49.1 Å². The normalized spacial score (nSPS) is 10.6. The number of hydrogen-bond acceptors (Lipinski definition) is 4. The van der Waals surface area contributed by atoms with Crippen molar-refractivity contribution in [2.75, 3.05) is 5.32 Å². The standard InChI is InChI=1S/C14H13N5O/c20-13(18-14-15-7-3-8-16-14)6-5-12-17-10-11-4-1-2-9-19(11)12/h1-4,7-10H,5-6H2,(H,15,16,18,20). The molecule has 3 heterocycles. The first-order chi connectivity index (χ1) is 9.83. The minimum atomic E-state index is -0.121. The van der Waals surface area contributed by atoms with Gasteiger partial charge in [0.05, 0.1) is 11.7 Å². The molecule has 3 aromatic rings. The molecule has 0 unspecified atom stereocenters. The zero-order valence-corrected chi connectivity index (χ0v) is 10.7. The van der Waals surface area contributed by atoms with Gasteiger partial charge in [0.15, 0.2) is 0 Å². The number of nitrogens with one attached hydrogen (secondary N) is 1. The average molecular weight is 267 g/mol. The predicted molar refractivity (Wildman–Crippen MR) is 74.2 cm³/mol. The van der Waals surface area contributed by atoms with Crippen molar-refractivity contribution in [3.63, 3.8) is 0 Å². The van der Waals surface area contributed by atoms with E-state index < -0.39 is 0 Å². The Labute approximate surface area is 115 Å². The highest BCUT2D eigenvalue weighted by molar-refractivity contribution is 5.88. The van der Waals surface area contributed by atoms with Gasteiger partial charge >= 0.3 is 0 Å². The molecule has 3 rings (SSSR count). The number of fused-ring (bicyclic) bond motifs is 1. The fraction of sp³-hybridized carbons (Fsp3) is 0.143. The molecule has 1 amide bonds. The van der Waals surface area contributed by atoms with Crippen molar-refractivity contribution in [3.05, 3.63) is 54.9 Å². The van der Waals surface area contributed by atoms with E-state index in [1.165, 1.54) is 0 Å². The maximum absolute atomic E-state index is 11.8. The van der Waals surface area contributed by atoms with Gasteiger partial charge in [-0.15, -0.1) is 0 Å². The molecule has 6 heteroatoms. The Morgan fingerprint density at radius 1 is 1.15 bits per heavy atom. The second-order valence-electron chi connectivity index (χ2n) is 4.29. The Bertz CT molecular complexity index is 723. The molecular weight excluding hydrogens is 254 g/mol. The number of amides is 1. The van der Waals surface area contributed by atoms with E-state index in [2.05, 4.69) is 20.3 Å². The Balaban J connectivity index is 1.63. The third kappa shape index (κ3) is 2.64. The summed E-state index contributed by atoms with van der Waals surface area (Å²) in [6.07, 6.45) is 7.82. The van der Waals surface area contributed by atoms with Gasteiger partial charge in [0.2, 0.25) is 11.9 Å². The minimum Gasteiger partial charge on any atom is -0.304 e. The summed E-state index contributed by atoms with van der Waals surface area (Å²) >= 11 is 0. The first kappa shape index (κ1) is 12.3. The van der Waals surface area contributed by atoms with E-state index in [9.17, 15) is 4.79 Å². The molecule has 100 valence electrons. The molecule has 1 N–H and O–H groups in total. The van der Waals surface area contributed by atoms with Crippen molar-refractivity contribution < 1.29 is 4.79 Å². The average Bonchev–Trinajstić information content (AvgIpc) is 2.89. The number of aromatic nitrogens is 4. The Morgan fingerprint density at radius 3 is 2.85 bits per heavy atom. The van der Waals surface area contributed by atoms with Crippen LogP contribution in [0.4, 0.5) is 5.95 Å². The third-order valence-corrected chi connectivity index (χ3v) is 2.91. The molecule has 0 aliphatic carbocycles. The molecule has 0 atom stereocenters. The van der Waals surface area contributed by atoms with Gasteiger partial charge in [-0.05, 0) is 18.2 Å². The minimum absolute atomic E-state index is 0.121. The van der Waals surface area contributed by atoms with Crippen LogP contribution in [0.5, 0.6) is 0 Å². The van der Waals surface area contributed by atoms with Crippen LogP contribution in [0, 0.1) is 0 Å². The van der Waals surface area contributed by atoms with E-state index in [-0.39, 0.29) is 5.91 Å². The number of rotatable bonds is 4. The Hall–Kier alpha value is -2.76. The van der Waals surface area contributed by atoms with E-state index in [0.29, 0.717) is 18.8 Å². The molecule has 3 aromatic heterocycles. The molecule has 0 aliphatic heterocycles. The number of aryl methyl sites for hydroxylation is 1. The van der Waals surface area contributed by atoms with Gasteiger partial charge in [-0.2, -0.15) is 0 Å². The van der Waals surface area contributed by atoms with Crippen LogP contribution in [0.25, 0.3) is 5.52 Å². The fourth-order valence-corrected chi connectivity index (χ4v) is 1.96. The molecule has 0 radical (unpaired) electrons. The lowest BCUT2D eigenvalue weighted by atomic mass is 10.3. The summed E-state index contributed by atoms with van der Waals surface area (Å²) in [5.41, 5.74) is 1.02. The van der Waals surface area contributed by atoms with Crippen molar-refractivity contribution in [1.29, 1.82) is 0 Å². The van der Waals surface area contributed by atoms with Crippen molar-refractivity contribution >= 4 is 17.4 Å². The molecule has 0 aromatic carbocycles. The zero-order chi connectivity index (χ0) is 13.8. The van der Waals surface area contributed by atoms with Gasteiger partial charge in [-0.1, -0.05) is 6.07 Å². The van der Waals surface area contributed by atoms with Crippen molar-refractivity contribution in [2.24, 2.45) is 0 Å². The van der Waals surface area contributed by atoms with Gasteiger partial charge in [0.1, 0.15) is 5.82 Å². The summed E-state index contributed by atoms with van der Waals surface area (Å²) in [4.78, 5) is 24.0. The van der Waals surface area contributed by atoms with E-state index >= 15 is 0 Å². The molecule has 0 bridgehead atoms. The number of hydrogen-bond donors (Lipinski definition) is 1. The molecule has 0 aliphatic rings.